The molecule has 0 aliphatic carbocycles. The summed E-state index contributed by atoms with van der Waals surface area (Å²) in [6.45, 7) is 50.6. The van der Waals surface area contributed by atoms with E-state index in [2.05, 4.69) is 141 Å². The fraction of sp³-hybridized carbons (Fsp3) is 0.250. The van der Waals surface area contributed by atoms with Gasteiger partial charge < -0.3 is 0 Å². The molecule has 2 aromatic rings. The van der Waals surface area contributed by atoms with Crippen LogP contribution in [-0.2, 0) is 94.7 Å². The SMILES string of the molecule is CCO[C](=[W])CC(c1ccccc1)C(C[C](=[W])OCC)c1ccccc1.[C-]#[O+].[C-]#[O+].[C-]#[O+].[C-]#[O+].[C-]#[O+].[C-]#[O+].[C-]#[O+].[C-]#[O+].[C-]#[O+].[C-]#[O+]. The van der Waals surface area contributed by atoms with Crippen LogP contribution >= 0.6 is 0 Å². The first-order valence-electron chi connectivity index (χ1n) is 11.1. The van der Waals surface area contributed by atoms with Gasteiger partial charge in [-0.3, -0.25) is 0 Å². The van der Waals surface area contributed by atoms with E-state index in [-0.39, 0.29) is 0 Å². The summed E-state index contributed by atoms with van der Waals surface area (Å²) in [4.78, 5) is 0. The van der Waals surface area contributed by atoms with Crippen LogP contribution in [0, 0.1) is 66.5 Å². The van der Waals surface area contributed by atoms with Crippen molar-refractivity contribution >= 4 is 8.17 Å². The monoisotopic (exact) mass is 970 g/mol. The van der Waals surface area contributed by atoms with Crippen molar-refractivity contribution in [3.05, 3.63) is 138 Å². The summed E-state index contributed by atoms with van der Waals surface area (Å²) in [5.41, 5.74) is 2.75. The average molecular weight is 970 g/mol. The molecule has 0 aromatic heterocycles. The predicted octanol–water partition coefficient (Wildman–Crippen LogP) is 4.39. The van der Waals surface area contributed by atoms with Gasteiger partial charge in [-0.05, 0) is 0 Å². The Balaban J connectivity index is -0.0000000834. The third-order valence-corrected chi connectivity index (χ3v) is 6.37. The third-order valence-electron chi connectivity index (χ3n) is 4.32. The Hall–Kier alpha value is -3.12. The molecule has 0 spiro atoms. The summed E-state index contributed by atoms with van der Waals surface area (Å²) >= 11 is 2.84. The van der Waals surface area contributed by atoms with E-state index in [0.717, 1.165) is 26.1 Å². The molecule has 2 atom stereocenters. The first-order valence-corrected chi connectivity index (χ1v) is 14.0. The number of hydrogen-bond acceptors (Lipinski definition) is 2. The van der Waals surface area contributed by atoms with Crippen LogP contribution in [0.3, 0.4) is 0 Å². The molecule has 238 valence electrons. The molecule has 0 saturated carbocycles. The maximum atomic E-state index is 7.50. The molecular formula is C32H26O12W2. The molecule has 0 amide bonds. The van der Waals surface area contributed by atoms with Gasteiger partial charge in [0.05, 0.1) is 0 Å². The summed E-state index contributed by atoms with van der Waals surface area (Å²) in [7, 11) is 0. The van der Waals surface area contributed by atoms with Crippen molar-refractivity contribution in [1.82, 2.24) is 0 Å². The number of benzene rings is 2. The van der Waals surface area contributed by atoms with Crippen LogP contribution in [0.1, 0.15) is 49.7 Å². The van der Waals surface area contributed by atoms with Crippen LogP contribution in [0.2, 0.25) is 0 Å². The van der Waals surface area contributed by atoms with Gasteiger partial charge in [-0.25, -0.2) is 0 Å². The number of ether oxygens (including phenoxy) is 2. The van der Waals surface area contributed by atoms with E-state index in [4.69, 9.17) is 56.0 Å². The van der Waals surface area contributed by atoms with Crippen molar-refractivity contribution in [3.63, 3.8) is 0 Å². The quantitative estimate of drug-likeness (QED) is 0.237. The van der Waals surface area contributed by atoms with Crippen molar-refractivity contribution in [3.8, 4) is 0 Å². The molecule has 0 aliphatic heterocycles. The summed E-state index contributed by atoms with van der Waals surface area (Å²) in [6, 6.07) is 21.7. The molecule has 0 fully saturated rings. The Kier molecular flexibility index (Phi) is 105. The predicted molar refractivity (Wildman–Crippen MR) is 140 cm³/mol. The fourth-order valence-corrected chi connectivity index (χ4v) is 5.32. The molecule has 46 heavy (non-hydrogen) atoms. The van der Waals surface area contributed by atoms with E-state index in [1.165, 1.54) is 58.0 Å². The molecule has 0 N–H and O–H groups in total. The molecule has 0 aliphatic rings. The van der Waals surface area contributed by atoms with Crippen LogP contribution < -0.4 is 0 Å². The Morgan fingerprint density at radius 1 is 0.457 bits per heavy atom. The Morgan fingerprint density at radius 2 is 0.652 bits per heavy atom. The summed E-state index contributed by atoms with van der Waals surface area (Å²) in [5.74, 6) is 0.764. The van der Waals surface area contributed by atoms with E-state index in [1.807, 2.05) is 0 Å². The molecule has 0 radical (unpaired) electrons. The van der Waals surface area contributed by atoms with E-state index >= 15 is 0 Å². The van der Waals surface area contributed by atoms with Crippen LogP contribution in [0.4, 0.5) is 0 Å². The van der Waals surface area contributed by atoms with Crippen molar-refractivity contribution in [2.75, 3.05) is 13.2 Å². The molecule has 2 aromatic carbocycles. The minimum absolute atomic E-state index is 0.382. The van der Waals surface area contributed by atoms with Gasteiger partial charge >= 0.3 is 293 Å². The zero-order valence-electron chi connectivity index (χ0n) is 24.5. The van der Waals surface area contributed by atoms with E-state index in [0.29, 0.717) is 11.8 Å². The van der Waals surface area contributed by atoms with Crippen molar-refractivity contribution < 1.29 is 94.7 Å². The second kappa shape index (κ2) is 73.4. The average Bonchev–Trinajstić information content (AvgIpc) is 3.19. The second-order valence-corrected chi connectivity index (χ2v) is 9.32. The molecule has 0 saturated heterocycles. The molecule has 2 rings (SSSR count). The van der Waals surface area contributed by atoms with Crippen molar-refractivity contribution in [2.24, 2.45) is 0 Å². The zero-order chi connectivity index (χ0) is 38.8. The zero-order valence-corrected chi connectivity index (χ0v) is 30.3. The van der Waals surface area contributed by atoms with Gasteiger partial charge in [0.1, 0.15) is 0 Å². The standard InChI is InChI=1S/C22H26O2.10CO.2W/c1-3-23-17-15-21(19-11-7-5-8-12-19)22(16-18-24-4-2)20-13-9-6-10-14-20;10*1-2;;/h5-14,21-22H,3-4,15-16H2,1-2H3;;;;;;;;;;;;. The first kappa shape index (κ1) is 65.5. The van der Waals surface area contributed by atoms with Gasteiger partial charge in [0.15, 0.2) is 0 Å². The maximum absolute atomic E-state index is 7.50. The van der Waals surface area contributed by atoms with Gasteiger partial charge in [-0.1, -0.05) is 0 Å². The molecule has 14 heteroatoms. The summed E-state index contributed by atoms with van der Waals surface area (Å²) < 4.78 is 89.1. The number of rotatable bonds is 11. The van der Waals surface area contributed by atoms with Gasteiger partial charge in [0.2, 0.25) is 0 Å². The second-order valence-electron chi connectivity index (χ2n) is 6.05. The van der Waals surface area contributed by atoms with Crippen molar-refractivity contribution in [1.29, 1.82) is 0 Å². The van der Waals surface area contributed by atoms with Crippen LogP contribution in [0.15, 0.2) is 60.7 Å². The van der Waals surface area contributed by atoms with Gasteiger partial charge in [0.25, 0.3) is 0 Å². The number of hydrogen-bond donors (Lipinski definition) is 0. The summed E-state index contributed by atoms with van der Waals surface area (Å²) in [6.07, 6.45) is 1.92. The normalized spacial score (nSPS) is 7.87. The van der Waals surface area contributed by atoms with Crippen LogP contribution in [0.25, 0.3) is 0 Å². The fourth-order valence-electron chi connectivity index (χ4n) is 3.18. The Morgan fingerprint density at radius 3 is 0.826 bits per heavy atom. The Labute approximate surface area is 291 Å². The van der Waals surface area contributed by atoms with E-state index in [1.54, 1.807) is 0 Å². The molecule has 0 heterocycles. The molecule has 0 bridgehead atoms. The molecule has 2 unspecified atom stereocenters. The molecular weight excluding hydrogens is 944 g/mol. The topological polar surface area (TPSA) is 217 Å². The minimum atomic E-state index is 0.382. The molecule has 12 nitrogen and oxygen atoms in total. The van der Waals surface area contributed by atoms with Gasteiger partial charge in [-0.2, -0.15) is 0 Å². The first-order chi connectivity index (χ1) is 22.7. The van der Waals surface area contributed by atoms with Crippen molar-refractivity contribution in [2.45, 2.75) is 38.5 Å². The van der Waals surface area contributed by atoms with Crippen LogP contribution in [-0.4, -0.2) is 21.4 Å². The Bertz CT molecular complexity index is 968. The van der Waals surface area contributed by atoms with Gasteiger partial charge in [-0.15, -0.1) is 0 Å². The van der Waals surface area contributed by atoms with E-state index < -0.39 is 0 Å². The summed E-state index contributed by atoms with van der Waals surface area (Å²) in [5, 5.41) is 0. The van der Waals surface area contributed by atoms with Crippen LogP contribution in [0.5, 0.6) is 0 Å². The van der Waals surface area contributed by atoms with Gasteiger partial charge in [0, 0.05) is 0 Å². The third kappa shape index (κ3) is 43.0. The van der Waals surface area contributed by atoms with E-state index in [9.17, 15) is 0 Å².